The first-order valence-electron chi connectivity index (χ1n) is 9.02. The third-order valence-corrected chi connectivity index (χ3v) is 8.42. The van der Waals surface area contributed by atoms with Gasteiger partial charge < -0.3 is 13.3 Å². The van der Waals surface area contributed by atoms with Gasteiger partial charge in [-0.15, -0.1) is 0 Å². The quantitative estimate of drug-likeness (QED) is 0.603. The largest absolute Gasteiger partial charge is 0.500 e. The smallest absolute Gasteiger partial charge is 0.377 e. The summed E-state index contributed by atoms with van der Waals surface area (Å²) in [6.45, 7) is 0.825. The Hall–Kier alpha value is 0.0969. The monoisotopic (exact) mass is 314 g/mol. The highest BCUT2D eigenvalue weighted by Gasteiger charge is 2.41. The first-order valence-corrected chi connectivity index (χ1v) is 11.0. The molecule has 2 saturated carbocycles. The summed E-state index contributed by atoms with van der Waals surface area (Å²) in [7, 11) is 1.14. The highest BCUT2D eigenvalue weighted by molar-refractivity contribution is 6.60. The molecule has 0 radical (unpaired) electrons. The maximum absolute atomic E-state index is 6.23. The van der Waals surface area contributed by atoms with Crippen molar-refractivity contribution in [3.05, 3.63) is 0 Å². The Bertz CT molecular complexity index is 269. The van der Waals surface area contributed by atoms with Crippen LogP contribution >= 0.6 is 0 Å². The van der Waals surface area contributed by atoms with Gasteiger partial charge in [0.1, 0.15) is 0 Å². The first-order chi connectivity index (χ1) is 10.3. The molecule has 2 aliphatic carbocycles. The number of hydrogen-bond acceptors (Lipinski definition) is 3. The van der Waals surface area contributed by atoms with Gasteiger partial charge in [0.2, 0.25) is 0 Å². The van der Waals surface area contributed by atoms with E-state index < -0.39 is 8.80 Å². The predicted octanol–water partition coefficient (Wildman–Crippen LogP) is 4.79. The van der Waals surface area contributed by atoms with Crippen LogP contribution in [0.5, 0.6) is 0 Å². The maximum Gasteiger partial charge on any atom is 0.500 e. The van der Waals surface area contributed by atoms with Crippen molar-refractivity contribution in [3.8, 4) is 0 Å². The molecule has 0 atom stereocenters. The van der Waals surface area contributed by atoms with Crippen LogP contribution in [0.25, 0.3) is 0 Å². The average molecular weight is 315 g/mol. The molecule has 2 aliphatic rings. The lowest BCUT2D eigenvalue weighted by atomic mass is 9.87. The Labute approximate surface area is 132 Å². The van der Waals surface area contributed by atoms with Crippen LogP contribution in [0, 0.1) is 11.8 Å². The first kappa shape index (κ1) is 17.5. The Morgan fingerprint density at radius 3 is 1.81 bits per heavy atom. The van der Waals surface area contributed by atoms with Crippen LogP contribution < -0.4 is 0 Å². The van der Waals surface area contributed by atoms with Gasteiger partial charge >= 0.3 is 8.80 Å². The summed E-state index contributed by atoms with van der Waals surface area (Å²) in [6, 6.07) is 1.02. The summed E-state index contributed by atoms with van der Waals surface area (Å²) in [4.78, 5) is 0. The SMILES string of the molecule is CO[Si](CC1CCCCC1)(OC)OCCC1CCCCC1. The van der Waals surface area contributed by atoms with E-state index in [1.165, 1.54) is 70.6 Å². The van der Waals surface area contributed by atoms with Gasteiger partial charge in [-0.05, 0) is 18.3 Å². The van der Waals surface area contributed by atoms with Gasteiger partial charge in [-0.3, -0.25) is 0 Å². The normalized spacial score (nSPS) is 22.6. The van der Waals surface area contributed by atoms with Crippen LogP contribution in [0.2, 0.25) is 6.04 Å². The van der Waals surface area contributed by atoms with Crippen molar-refractivity contribution < 1.29 is 13.3 Å². The van der Waals surface area contributed by atoms with E-state index in [1.807, 2.05) is 0 Å². The van der Waals surface area contributed by atoms with Gasteiger partial charge in [0.05, 0.1) is 0 Å². The summed E-state index contributed by atoms with van der Waals surface area (Å²) in [6.07, 6.45) is 15.0. The van der Waals surface area contributed by atoms with Crippen LogP contribution in [0.1, 0.15) is 70.6 Å². The standard InChI is InChI=1S/C17H34O3Si/c1-18-21(19-2,15-17-11-7-4-8-12-17)20-14-13-16-9-5-3-6-10-16/h16-17H,3-15H2,1-2H3. The lowest BCUT2D eigenvalue weighted by molar-refractivity contribution is 0.0830. The predicted molar refractivity (Wildman–Crippen MR) is 88.3 cm³/mol. The van der Waals surface area contributed by atoms with Crippen LogP contribution in [-0.2, 0) is 13.3 Å². The van der Waals surface area contributed by atoms with Gasteiger partial charge in [0.25, 0.3) is 0 Å². The van der Waals surface area contributed by atoms with Gasteiger partial charge in [-0.2, -0.15) is 0 Å². The van der Waals surface area contributed by atoms with Crippen molar-refractivity contribution in [1.29, 1.82) is 0 Å². The zero-order valence-electron chi connectivity index (χ0n) is 14.1. The molecule has 124 valence electrons. The molecule has 2 fully saturated rings. The second kappa shape index (κ2) is 9.28. The van der Waals surface area contributed by atoms with E-state index >= 15 is 0 Å². The summed E-state index contributed by atoms with van der Waals surface area (Å²) in [5, 5.41) is 0. The average Bonchev–Trinajstić information content (AvgIpc) is 2.56. The van der Waals surface area contributed by atoms with E-state index in [0.29, 0.717) is 0 Å². The highest BCUT2D eigenvalue weighted by Crippen LogP contribution is 2.32. The van der Waals surface area contributed by atoms with Gasteiger partial charge in [-0.25, -0.2) is 0 Å². The summed E-state index contributed by atoms with van der Waals surface area (Å²) in [5.41, 5.74) is 0. The molecule has 0 saturated heterocycles. The molecule has 0 N–H and O–H groups in total. The summed E-state index contributed by atoms with van der Waals surface area (Å²) >= 11 is 0. The zero-order chi connectivity index (χ0) is 15.0. The second-order valence-corrected chi connectivity index (χ2v) is 9.82. The third kappa shape index (κ3) is 5.66. The maximum atomic E-state index is 6.23. The fourth-order valence-corrected chi connectivity index (χ4v) is 6.43. The van der Waals surface area contributed by atoms with Crippen molar-refractivity contribution in [2.45, 2.75) is 76.7 Å². The molecule has 0 unspecified atom stereocenters. The third-order valence-electron chi connectivity index (χ3n) is 5.46. The molecule has 0 aromatic rings. The Morgan fingerprint density at radius 2 is 1.29 bits per heavy atom. The van der Waals surface area contributed by atoms with E-state index in [1.54, 1.807) is 14.2 Å². The van der Waals surface area contributed by atoms with E-state index in [4.69, 9.17) is 13.3 Å². The van der Waals surface area contributed by atoms with E-state index in [0.717, 1.165) is 24.5 Å². The van der Waals surface area contributed by atoms with Crippen molar-refractivity contribution in [1.82, 2.24) is 0 Å². The molecule has 4 heteroatoms. The van der Waals surface area contributed by atoms with Gasteiger partial charge in [0.15, 0.2) is 0 Å². The van der Waals surface area contributed by atoms with Gasteiger partial charge in [-0.1, -0.05) is 64.2 Å². The minimum Gasteiger partial charge on any atom is -0.377 e. The van der Waals surface area contributed by atoms with Gasteiger partial charge in [0, 0.05) is 26.9 Å². The zero-order valence-corrected chi connectivity index (χ0v) is 15.1. The molecule has 0 aromatic carbocycles. The van der Waals surface area contributed by atoms with Crippen LogP contribution in [0.3, 0.4) is 0 Å². The number of hydrogen-bond donors (Lipinski definition) is 0. The van der Waals surface area contributed by atoms with Crippen LogP contribution in [0.4, 0.5) is 0 Å². The lowest BCUT2D eigenvalue weighted by Crippen LogP contribution is -2.46. The molecular weight excluding hydrogens is 280 g/mol. The molecule has 21 heavy (non-hydrogen) atoms. The Morgan fingerprint density at radius 1 is 0.762 bits per heavy atom. The molecular formula is C17H34O3Si. The molecule has 0 aliphatic heterocycles. The van der Waals surface area contributed by atoms with Crippen LogP contribution in [0.15, 0.2) is 0 Å². The Balaban J connectivity index is 1.75. The Kier molecular flexibility index (Phi) is 7.71. The number of rotatable bonds is 8. The minimum atomic E-state index is -2.42. The van der Waals surface area contributed by atoms with E-state index in [2.05, 4.69) is 0 Å². The molecule has 0 bridgehead atoms. The van der Waals surface area contributed by atoms with Crippen molar-refractivity contribution in [2.75, 3.05) is 20.8 Å². The van der Waals surface area contributed by atoms with Crippen LogP contribution in [-0.4, -0.2) is 29.6 Å². The van der Waals surface area contributed by atoms with E-state index in [-0.39, 0.29) is 0 Å². The molecule has 3 nitrogen and oxygen atoms in total. The van der Waals surface area contributed by atoms with E-state index in [9.17, 15) is 0 Å². The van der Waals surface area contributed by atoms with Crippen molar-refractivity contribution in [3.63, 3.8) is 0 Å². The fraction of sp³-hybridized carbons (Fsp3) is 1.00. The molecule has 0 aromatic heterocycles. The molecule has 0 spiro atoms. The minimum absolute atomic E-state index is 0.750. The lowest BCUT2D eigenvalue weighted by Gasteiger charge is -2.32. The topological polar surface area (TPSA) is 27.7 Å². The molecule has 0 amide bonds. The van der Waals surface area contributed by atoms with Crippen molar-refractivity contribution >= 4 is 8.80 Å². The fourth-order valence-electron chi connectivity index (χ4n) is 4.03. The highest BCUT2D eigenvalue weighted by atomic mass is 28.4. The molecule has 2 rings (SSSR count). The summed E-state index contributed by atoms with van der Waals surface area (Å²) in [5.74, 6) is 1.62. The summed E-state index contributed by atoms with van der Waals surface area (Å²) < 4.78 is 17.8. The molecule has 0 heterocycles. The second-order valence-electron chi connectivity index (χ2n) is 6.94. The van der Waals surface area contributed by atoms with Crippen molar-refractivity contribution in [2.24, 2.45) is 11.8 Å².